The van der Waals surface area contributed by atoms with E-state index >= 15 is 0 Å². The molecule has 1 atom stereocenters. The van der Waals surface area contributed by atoms with Gasteiger partial charge in [0.25, 0.3) is 0 Å². The van der Waals surface area contributed by atoms with Gasteiger partial charge in [0.2, 0.25) is 0 Å². The van der Waals surface area contributed by atoms with Crippen LogP contribution in [0.2, 0.25) is 0 Å². The monoisotopic (exact) mass is 350 g/mol. The van der Waals surface area contributed by atoms with Gasteiger partial charge in [-0.3, -0.25) is 0 Å². The number of fused-ring (bicyclic) bond motifs is 1. The van der Waals surface area contributed by atoms with E-state index in [1.165, 1.54) is 0 Å². The Hall–Kier alpha value is -3.02. The molecule has 1 aliphatic rings. The number of nitrogens with zero attached hydrogens (tertiary/aromatic N) is 2. The van der Waals surface area contributed by atoms with E-state index in [1.54, 1.807) is 7.11 Å². The van der Waals surface area contributed by atoms with Gasteiger partial charge in [-0.15, -0.1) is 0 Å². The van der Waals surface area contributed by atoms with Crippen LogP contribution in [0.1, 0.15) is 30.3 Å². The van der Waals surface area contributed by atoms with E-state index < -0.39 is 0 Å². The molecule has 2 heterocycles. The van der Waals surface area contributed by atoms with Crippen molar-refractivity contribution < 1.29 is 9.53 Å². The first-order chi connectivity index (χ1) is 12.7. The third-order valence-corrected chi connectivity index (χ3v) is 4.84. The lowest BCUT2D eigenvalue weighted by atomic mass is 10.2. The van der Waals surface area contributed by atoms with Gasteiger partial charge in [0, 0.05) is 13.1 Å². The number of para-hydroxylation sites is 2. The van der Waals surface area contributed by atoms with Crippen molar-refractivity contribution in [3.8, 4) is 5.75 Å². The molecular weight excluding hydrogens is 328 g/mol. The van der Waals surface area contributed by atoms with Crippen molar-refractivity contribution in [2.75, 3.05) is 13.7 Å². The summed E-state index contributed by atoms with van der Waals surface area (Å²) in [6.45, 7) is 1.24. The number of carbonyl (C=O) groups is 1. The largest absolute Gasteiger partial charge is 0.497 e. The van der Waals surface area contributed by atoms with Crippen LogP contribution in [0.3, 0.4) is 0 Å². The fourth-order valence-electron chi connectivity index (χ4n) is 3.45. The van der Waals surface area contributed by atoms with Gasteiger partial charge in [-0.2, -0.15) is 0 Å². The lowest BCUT2D eigenvalue weighted by Gasteiger charge is -2.23. The van der Waals surface area contributed by atoms with E-state index in [9.17, 15) is 4.79 Å². The highest BCUT2D eigenvalue weighted by atomic mass is 16.5. The van der Waals surface area contributed by atoms with Crippen LogP contribution in [-0.2, 0) is 6.54 Å². The number of benzene rings is 2. The van der Waals surface area contributed by atoms with Crippen LogP contribution >= 0.6 is 0 Å². The summed E-state index contributed by atoms with van der Waals surface area (Å²) in [5.41, 5.74) is 2.99. The molecule has 1 aliphatic heterocycles. The van der Waals surface area contributed by atoms with Gasteiger partial charge in [-0.1, -0.05) is 24.3 Å². The van der Waals surface area contributed by atoms with Crippen LogP contribution in [0.25, 0.3) is 11.0 Å². The summed E-state index contributed by atoms with van der Waals surface area (Å²) in [4.78, 5) is 22.6. The maximum absolute atomic E-state index is 12.7. The molecule has 0 aliphatic carbocycles. The number of rotatable bonds is 4. The number of imidazole rings is 1. The van der Waals surface area contributed by atoms with Crippen molar-refractivity contribution in [3.63, 3.8) is 0 Å². The number of carbonyl (C=O) groups excluding carboxylic acids is 1. The van der Waals surface area contributed by atoms with Crippen LogP contribution in [0, 0.1) is 0 Å². The Bertz CT molecular complexity index is 871. The minimum Gasteiger partial charge on any atom is -0.497 e. The zero-order valence-electron chi connectivity index (χ0n) is 14.7. The molecule has 1 unspecified atom stereocenters. The zero-order chi connectivity index (χ0) is 17.9. The highest BCUT2D eigenvalue weighted by molar-refractivity contribution is 5.77. The summed E-state index contributed by atoms with van der Waals surface area (Å²) in [5.74, 6) is 1.67. The molecule has 26 heavy (non-hydrogen) atoms. The van der Waals surface area contributed by atoms with Crippen molar-refractivity contribution in [1.29, 1.82) is 0 Å². The number of ether oxygens (including phenoxy) is 1. The number of urea groups is 1. The number of H-pyrrole nitrogens is 1. The lowest BCUT2D eigenvalue weighted by Crippen LogP contribution is -2.39. The molecule has 2 aromatic carbocycles. The quantitative estimate of drug-likeness (QED) is 0.755. The van der Waals surface area contributed by atoms with Gasteiger partial charge in [-0.25, -0.2) is 9.78 Å². The smallest absolute Gasteiger partial charge is 0.318 e. The molecule has 3 aromatic rings. The molecular formula is C20H22N4O2. The average Bonchev–Trinajstić information content (AvgIpc) is 3.32. The number of methoxy groups -OCH3 is 1. The van der Waals surface area contributed by atoms with Gasteiger partial charge >= 0.3 is 6.03 Å². The SMILES string of the molecule is COc1ccc(CNC(=O)N2CCCC2c2nc3ccccc3[nH]2)cc1. The van der Waals surface area contributed by atoms with Gasteiger partial charge in [0.1, 0.15) is 11.6 Å². The number of nitrogens with one attached hydrogen (secondary N) is 2. The van der Waals surface area contributed by atoms with Gasteiger partial charge < -0.3 is 19.9 Å². The van der Waals surface area contributed by atoms with E-state index in [4.69, 9.17) is 4.74 Å². The Balaban J connectivity index is 1.44. The minimum atomic E-state index is -0.0521. The van der Waals surface area contributed by atoms with Crippen LogP contribution in [-0.4, -0.2) is 34.6 Å². The molecule has 2 N–H and O–H groups in total. The molecule has 4 rings (SSSR count). The van der Waals surface area contributed by atoms with Gasteiger partial charge in [0.15, 0.2) is 0 Å². The molecule has 1 saturated heterocycles. The Kier molecular flexibility index (Phi) is 4.48. The van der Waals surface area contributed by atoms with E-state index in [-0.39, 0.29) is 12.1 Å². The van der Waals surface area contributed by atoms with E-state index in [1.807, 2.05) is 53.4 Å². The number of likely N-dealkylation sites (tertiary alicyclic amines) is 1. The summed E-state index contributed by atoms with van der Waals surface area (Å²) in [6, 6.07) is 15.6. The summed E-state index contributed by atoms with van der Waals surface area (Å²) in [5, 5.41) is 3.02. The van der Waals surface area contributed by atoms with Gasteiger partial charge in [0.05, 0.1) is 24.2 Å². The number of hydrogen-bond donors (Lipinski definition) is 2. The Morgan fingerprint density at radius 1 is 1.27 bits per heavy atom. The van der Waals surface area contributed by atoms with E-state index in [2.05, 4.69) is 15.3 Å². The molecule has 0 saturated carbocycles. The Morgan fingerprint density at radius 3 is 2.85 bits per heavy atom. The molecule has 6 nitrogen and oxygen atoms in total. The van der Waals surface area contributed by atoms with Crippen LogP contribution < -0.4 is 10.1 Å². The van der Waals surface area contributed by atoms with Gasteiger partial charge in [-0.05, 0) is 42.7 Å². The fourth-order valence-corrected chi connectivity index (χ4v) is 3.45. The summed E-state index contributed by atoms with van der Waals surface area (Å²) in [6.07, 6.45) is 1.91. The lowest BCUT2D eigenvalue weighted by molar-refractivity contribution is 0.191. The third kappa shape index (κ3) is 3.22. The van der Waals surface area contributed by atoms with Crippen molar-refractivity contribution in [3.05, 3.63) is 59.9 Å². The second-order valence-electron chi connectivity index (χ2n) is 6.50. The average molecular weight is 350 g/mol. The first-order valence-electron chi connectivity index (χ1n) is 8.86. The maximum atomic E-state index is 12.7. The fraction of sp³-hybridized carbons (Fsp3) is 0.300. The van der Waals surface area contributed by atoms with Crippen molar-refractivity contribution in [1.82, 2.24) is 20.2 Å². The number of aromatic nitrogens is 2. The zero-order valence-corrected chi connectivity index (χ0v) is 14.7. The third-order valence-electron chi connectivity index (χ3n) is 4.84. The number of hydrogen-bond acceptors (Lipinski definition) is 3. The molecule has 1 fully saturated rings. The molecule has 0 bridgehead atoms. The summed E-state index contributed by atoms with van der Waals surface area (Å²) in [7, 11) is 1.64. The predicted octanol–water partition coefficient (Wildman–Crippen LogP) is 3.62. The highest BCUT2D eigenvalue weighted by Crippen LogP contribution is 2.31. The van der Waals surface area contributed by atoms with E-state index in [0.717, 1.165) is 47.6 Å². The van der Waals surface area contributed by atoms with Crippen molar-refractivity contribution in [2.24, 2.45) is 0 Å². The first kappa shape index (κ1) is 16.4. The molecule has 1 aromatic heterocycles. The van der Waals surface area contributed by atoms with Crippen molar-refractivity contribution >= 4 is 17.1 Å². The normalized spacial score (nSPS) is 16.8. The molecule has 0 radical (unpaired) electrons. The Labute approximate surface area is 152 Å². The van der Waals surface area contributed by atoms with Crippen LogP contribution in [0.5, 0.6) is 5.75 Å². The molecule has 2 amide bonds. The summed E-state index contributed by atoms with van der Waals surface area (Å²) < 4.78 is 5.16. The number of amides is 2. The maximum Gasteiger partial charge on any atom is 0.318 e. The minimum absolute atomic E-state index is 0.00160. The summed E-state index contributed by atoms with van der Waals surface area (Å²) >= 11 is 0. The second kappa shape index (κ2) is 7.07. The Morgan fingerprint density at radius 2 is 2.08 bits per heavy atom. The van der Waals surface area contributed by atoms with E-state index in [0.29, 0.717) is 6.54 Å². The highest BCUT2D eigenvalue weighted by Gasteiger charge is 2.32. The second-order valence-corrected chi connectivity index (χ2v) is 6.50. The van der Waals surface area contributed by atoms with Crippen LogP contribution in [0.4, 0.5) is 4.79 Å². The molecule has 134 valence electrons. The topological polar surface area (TPSA) is 70.2 Å². The predicted molar refractivity (Wildman–Crippen MR) is 100 cm³/mol. The first-order valence-corrected chi connectivity index (χ1v) is 8.86. The molecule has 6 heteroatoms. The molecule has 0 spiro atoms. The van der Waals surface area contributed by atoms with Crippen molar-refractivity contribution in [2.45, 2.75) is 25.4 Å². The van der Waals surface area contributed by atoms with Crippen LogP contribution in [0.15, 0.2) is 48.5 Å². The number of aromatic amines is 1. The standard InChI is InChI=1S/C20H22N4O2/c1-26-15-10-8-14(9-11-15)13-21-20(25)24-12-4-7-18(24)19-22-16-5-2-3-6-17(16)23-19/h2-3,5-6,8-11,18H,4,7,12-13H2,1H3,(H,21,25)(H,22,23).